The molecule has 1 heterocycles. The second-order valence-corrected chi connectivity index (χ2v) is 4.06. The summed E-state index contributed by atoms with van der Waals surface area (Å²) in [5.41, 5.74) is 6.88. The molecule has 1 saturated heterocycles. The van der Waals surface area contributed by atoms with Gasteiger partial charge in [0.1, 0.15) is 5.75 Å². The second kappa shape index (κ2) is 4.64. The lowest BCUT2D eigenvalue weighted by Crippen LogP contribution is -2.31. The zero-order valence-corrected chi connectivity index (χ0v) is 8.73. The van der Waals surface area contributed by atoms with Crippen molar-refractivity contribution < 1.29 is 9.84 Å². The first kappa shape index (κ1) is 10.5. The fourth-order valence-corrected chi connectivity index (χ4v) is 2.19. The quantitative estimate of drug-likeness (QED) is 0.772. The lowest BCUT2D eigenvalue weighted by molar-refractivity contribution is 0.0493. The number of aromatic hydroxyl groups is 1. The van der Waals surface area contributed by atoms with E-state index in [0.29, 0.717) is 30.7 Å². The third-order valence-corrected chi connectivity index (χ3v) is 3.10. The van der Waals surface area contributed by atoms with Gasteiger partial charge in [-0.1, -0.05) is 12.1 Å². The molecule has 0 bridgehead atoms. The van der Waals surface area contributed by atoms with E-state index in [1.54, 1.807) is 6.07 Å². The zero-order chi connectivity index (χ0) is 10.7. The highest BCUT2D eigenvalue weighted by Crippen LogP contribution is 2.31. The van der Waals surface area contributed by atoms with Crippen molar-refractivity contribution in [2.75, 3.05) is 19.8 Å². The predicted molar refractivity (Wildman–Crippen MR) is 58.8 cm³/mol. The van der Waals surface area contributed by atoms with Crippen LogP contribution in [0.5, 0.6) is 5.75 Å². The Balaban J connectivity index is 2.20. The average Bonchev–Trinajstić information content (AvgIpc) is 2.29. The molecule has 0 aliphatic carbocycles. The van der Waals surface area contributed by atoms with Crippen LogP contribution in [-0.2, 0) is 4.74 Å². The Morgan fingerprint density at radius 2 is 2.33 bits per heavy atom. The largest absolute Gasteiger partial charge is 0.508 e. The van der Waals surface area contributed by atoms with Crippen LogP contribution in [0.15, 0.2) is 24.3 Å². The molecule has 0 amide bonds. The number of phenols is 1. The topological polar surface area (TPSA) is 55.5 Å². The average molecular weight is 207 g/mol. The number of phenolic OH excluding ortho intramolecular Hbond substituents is 1. The smallest absolute Gasteiger partial charge is 0.115 e. The van der Waals surface area contributed by atoms with E-state index in [1.807, 2.05) is 18.2 Å². The first-order valence-corrected chi connectivity index (χ1v) is 5.38. The molecule has 0 saturated carbocycles. The van der Waals surface area contributed by atoms with Crippen molar-refractivity contribution in [1.82, 2.24) is 0 Å². The highest BCUT2D eigenvalue weighted by molar-refractivity contribution is 5.30. The molecule has 2 atom stereocenters. The molecule has 1 fully saturated rings. The zero-order valence-electron chi connectivity index (χ0n) is 8.73. The fourth-order valence-electron chi connectivity index (χ4n) is 2.19. The van der Waals surface area contributed by atoms with Gasteiger partial charge in [-0.2, -0.15) is 0 Å². The molecular formula is C12H17NO2. The number of hydrogen-bond donors (Lipinski definition) is 2. The molecule has 1 aromatic rings. The van der Waals surface area contributed by atoms with Gasteiger partial charge in [0.2, 0.25) is 0 Å². The summed E-state index contributed by atoms with van der Waals surface area (Å²) in [4.78, 5) is 0. The van der Waals surface area contributed by atoms with E-state index >= 15 is 0 Å². The Bertz CT molecular complexity index is 327. The Hall–Kier alpha value is -1.06. The Labute approximate surface area is 89.9 Å². The molecule has 2 unspecified atom stereocenters. The van der Waals surface area contributed by atoms with Gasteiger partial charge in [0.15, 0.2) is 0 Å². The summed E-state index contributed by atoms with van der Waals surface area (Å²) < 4.78 is 5.47. The highest BCUT2D eigenvalue weighted by Gasteiger charge is 2.26. The summed E-state index contributed by atoms with van der Waals surface area (Å²) in [5, 5.41) is 9.43. The van der Waals surface area contributed by atoms with E-state index in [2.05, 4.69) is 0 Å². The molecule has 0 radical (unpaired) electrons. The molecule has 0 aromatic heterocycles. The third-order valence-electron chi connectivity index (χ3n) is 3.10. The van der Waals surface area contributed by atoms with Crippen LogP contribution in [0.4, 0.5) is 0 Å². The van der Waals surface area contributed by atoms with Gasteiger partial charge in [-0.25, -0.2) is 0 Å². The molecular weight excluding hydrogens is 190 g/mol. The molecule has 82 valence electrons. The molecule has 1 aliphatic rings. The maximum absolute atomic E-state index is 9.43. The minimum absolute atomic E-state index is 0.314. The molecule has 1 aliphatic heterocycles. The van der Waals surface area contributed by atoms with E-state index in [-0.39, 0.29) is 0 Å². The van der Waals surface area contributed by atoms with Gasteiger partial charge in [-0.3, -0.25) is 0 Å². The van der Waals surface area contributed by atoms with Crippen molar-refractivity contribution in [2.24, 2.45) is 11.7 Å². The lowest BCUT2D eigenvalue weighted by atomic mass is 9.83. The van der Waals surface area contributed by atoms with E-state index in [0.717, 1.165) is 18.6 Å². The Kier molecular flexibility index (Phi) is 3.23. The molecule has 0 spiro atoms. The third kappa shape index (κ3) is 2.30. The minimum Gasteiger partial charge on any atom is -0.508 e. The predicted octanol–water partition coefficient (Wildman–Crippen LogP) is 1.47. The number of ether oxygens (including phenoxy) is 1. The van der Waals surface area contributed by atoms with Crippen molar-refractivity contribution in [3.05, 3.63) is 29.8 Å². The van der Waals surface area contributed by atoms with Crippen LogP contribution in [0.3, 0.4) is 0 Å². The molecule has 3 N–H and O–H groups in total. The summed E-state index contributed by atoms with van der Waals surface area (Å²) in [6, 6.07) is 7.39. The van der Waals surface area contributed by atoms with Gasteiger partial charge >= 0.3 is 0 Å². The molecule has 3 heteroatoms. The van der Waals surface area contributed by atoms with Crippen molar-refractivity contribution in [2.45, 2.75) is 12.3 Å². The van der Waals surface area contributed by atoms with Gasteiger partial charge in [-0.15, -0.1) is 0 Å². The molecule has 2 rings (SSSR count). The van der Waals surface area contributed by atoms with Crippen LogP contribution in [-0.4, -0.2) is 24.9 Å². The molecule has 15 heavy (non-hydrogen) atoms. The van der Waals surface area contributed by atoms with Crippen molar-refractivity contribution in [1.29, 1.82) is 0 Å². The van der Waals surface area contributed by atoms with Crippen LogP contribution in [0.1, 0.15) is 17.9 Å². The van der Waals surface area contributed by atoms with Crippen LogP contribution >= 0.6 is 0 Å². The van der Waals surface area contributed by atoms with Crippen molar-refractivity contribution in [3.8, 4) is 5.75 Å². The Morgan fingerprint density at radius 1 is 1.47 bits per heavy atom. The molecule has 1 aromatic carbocycles. The summed E-state index contributed by atoms with van der Waals surface area (Å²) in [6.07, 6.45) is 1.01. The summed E-state index contributed by atoms with van der Waals surface area (Å²) in [6.45, 7) is 2.20. The van der Waals surface area contributed by atoms with E-state index in [1.165, 1.54) is 0 Å². The van der Waals surface area contributed by atoms with Crippen LogP contribution in [0.2, 0.25) is 0 Å². The van der Waals surface area contributed by atoms with Gasteiger partial charge < -0.3 is 15.6 Å². The fraction of sp³-hybridized carbons (Fsp3) is 0.500. The van der Waals surface area contributed by atoms with Crippen LogP contribution < -0.4 is 5.73 Å². The number of rotatable bonds is 2. The van der Waals surface area contributed by atoms with Gasteiger partial charge in [-0.05, 0) is 36.6 Å². The standard InChI is InChI=1S/C12H17NO2/c13-7-10-4-5-15-8-12(10)9-2-1-3-11(14)6-9/h1-3,6,10,12,14H,4-5,7-8,13H2. The van der Waals surface area contributed by atoms with E-state index in [4.69, 9.17) is 10.5 Å². The summed E-state index contributed by atoms with van der Waals surface area (Å²) in [7, 11) is 0. The maximum Gasteiger partial charge on any atom is 0.115 e. The molecule has 3 nitrogen and oxygen atoms in total. The summed E-state index contributed by atoms with van der Waals surface area (Å²) >= 11 is 0. The number of benzene rings is 1. The van der Waals surface area contributed by atoms with Gasteiger partial charge in [0.05, 0.1) is 6.61 Å². The Morgan fingerprint density at radius 3 is 3.07 bits per heavy atom. The highest BCUT2D eigenvalue weighted by atomic mass is 16.5. The maximum atomic E-state index is 9.43. The van der Waals surface area contributed by atoms with Gasteiger partial charge in [0.25, 0.3) is 0 Å². The summed E-state index contributed by atoms with van der Waals surface area (Å²) in [5.74, 6) is 1.12. The van der Waals surface area contributed by atoms with Crippen LogP contribution in [0.25, 0.3) is 0 Å². The van der Waals surface area contributed by atoms with Crippen molar-refractivity contribution >= 4 is 0 Å². The monoisotopic (exact) mass is 207 g/mol. The van der Waals surface area contributed by atoms with E-state index in [9.17, 15) is 5.11 Å². The van der Waals surface area contributed by atoms with E-state index < -0.39 is 0 Å². The second-order valence-electron chi connectivity index (χ2n) is 4.06. The number of hydrogen-bond acceptors (Lipinski definition) is 3. The normalized spacial score (nSPS) is 26.5. The first-order valence-electron chi connectivity index (χ1n) is 5.38. The van der Waals surface area contributed by atoms with Crippen LogP contribution in [0, 0.1) is 5.92 Å². The SMILES string of the molecule is NCC1CCOCC1c1cccc(O)c1. The first-order chi connectivity index (χ1) is 7.31. The van der Waals surface area contributed by atoms with Crippen molar-refractivity contribution in [3.63, 3.8) is 0 Å². The van der Waals surface area contributed by atoms with Gasteiger partial charge in [0, 0.05) is 12.5 Å². The number of nitrogens with two attached hydrogens (primary N) is 1. The minimum atomic E-state index is 0.314. The lowest BCUT2D eigenvalue weighted by Gasteiger charge is -2.31.